The van der Waals surface area contributed by atoms with Crippen molar-refractivity contribution in [2.45, 2.75) is 12.5 Å². The van der Waals surface area contributed by atoms with Gasteiger partial charge in [-0.2, -0.15) is 0 Å². The first-order valence-corrected chi connectivity index (χ1v) is 9.14. The number of pyridine rings is 1. The third kappa shape index (κ3) is 3.58. The van der Waals surface area contributed by atoms with Crippen LogP contribution in [-0.4, -0.2) is 51.4 Å². The highest BCUT2D eigenvalue weighted by atomic mass is 35.5. The third-order valence-electron chi connectivity index (χ3n) is 4.53. The molecule has 1 aliphatic rings. The van der Waals surface area contributed by atoms with E-state index in [1.165, 1.54) is 0 Å². The fourth-order valence-corrected chi connectivity index (χ4v) is 3.60. The van der Waals surface area contributed by atoms with Crippen LogP contribution >= 0.6 is 23.2 Å². The van der Waals surface area contributed by atoms with E-state index in [9.17, 15) is 4.79 Å². The number of fused-ring (bicyclic) bond motifs is 1. The summed E-state index contributed by atoms with van der Waals surface area (Å²) in [5, 5.41) is 10.5. The number of carbonyl (C=O) groups is 1. The molecule has 3 aromatic rings. The van der Waals surface area contributed by atoms with Crippen molar-refractivity contribution in [1.82, 2.24) is 14.5 Å². The van der Waals surface area contributed by atoms with Crippen LogP contribution in [0, 0.1) is 0 Å². The van der Waals surface area contributed by atoms with Crippen LogP contribution in [-0.2, 0) is 9.53 Å². The smallest absolute Gasteiger partial charge is 0.329 e. The average molecular weight is 407 g/mol. The molecular weight excluding hydrogens is 391 g/mol. The van der Waals surface area contributed by atoms with Gasteiger partial charge in [-0.1, -0.05) is 23.2 Å². The van der Waals surface area contributed by atoms with Gasteiger partial charge in [0.15, 0.2) is 0 Å². The summed E-state index contributed by atoms with van der Waals surface area (Å²) in [5.74, 6) is -0.238. The molecule has 1 atom stereocenters. The van der Waals surface area contributed by atoms with Crippen molar-refractivity contribution in [2.24, 2.45) is 0 Å². The van der Waals surface area contributed by atoms with Gasteiger partial charge in [-0.3, -0.25) is 0 Å². The maximum absolute atomic E-state index is 10.7. The summed E-state index contributed by atoms with van der Waals surface area (Å²) in [6.07, 6.45) is 5.85. The summed E-state index contributed by atoms with van der Waals surface area (Å²) in [4.78, 5) is 21.6. The molecular formula is C18H16Cl2N4O3. The quantitative estimate of drug-likeness (QED) is 0.698. The molecule has 140 valence electrons. The summed E-state index contributed by atoms with van der Waals surface area (Å²) in [7, 11) is 0. The van der Waals surface area contributed by atoms with Gasteiger partial charge < -0.3 is 19.3 Å². The molecule has 7 nitrogen and oxygen atoms in total. The number of imidazole rings is 1. The topological polar surface area (TPSA) is 80.5 Å². The van der Waals surface area contributed by atoms with E-state index in [4.69, 9.17) is 38.0 Å². The third-order valence-corrected chi connectivity index (χ3v) is 5.33. The molecule has 0 aliphatic carbocycles. The van der Waals surface area contributed by atoms with Gasteiger partial charge in [-0.25, -0.2) is 14.8 Å². The summed E-state index contributed by atoms with van der Waals surface area (Å²) >= 11 is 12.6. The number of hydrogen-bond acceptors (Lipinski definition) is 5. The van der Waals surface area contributed by atoms with Crippen molar-refractivity contribution in [3.63, 3.8) is 0 Å². The number of ether oxygens (including phenoxy) is 1. The van der Waals surface area contributed by atoms with Gasteiger partial charge in [0.2, 0.25) is 0 Å². The number of benzene rings is 1. The Hall–Kier alpha value is -2.35. The van der Waals surface area contributed by atoms with E-state index < -0.39 is 5.97 Å². The molecule has 4 rings (SSSR count). The second-order valence-electron chi connectivity index (χ2n) is 6.29. The highest BCUT2D eigenvalue weighted by Crippen LogP contribution is 2.35. The second-order valence-corrected chi connectivity index (χ2v) is 7.07. The predicted molar refractivity (Wildman–Crippen MR) is 103 cm³/mol. The maximum Gasteiger partial charge on any atom is 0.329 e. The maximum atomic E-state index is 10.7. The molecule has 1 aromatic carbocycles. The zero-order valence-electron chi connectivity index (χ0n) is 14.2. The Morgan fingerprint density at radius 3 is 2.96 bits per heavy atom. The lowest BCUT2D eigenvalue weighted by atomic mass is 10.1. The highest BCUT2D eigenvalue weighted by molar-refractivity contribution is 6.45. The molecule has 1 saturated heterocycles. The Bertz CT molecular complexity index is 994. The van der Waals surface area contributed by atoms with E-state index in [1.54, 1.807) is 18.6 Å². The molecule has 0 unspecified atom stereocenters. The van der Waals surface area contributed by atoms with Crippen molar-refractivity contribution in [3.8, 4) is 5.69 Å². The largest absolute Gasteiger partial charge is 0.480 e. The second kappa shape index (κ2) is 7.34. The molecule has 1 N–H and O–H groups in total. The first-order chi connectivity index (χ1) is 13.0. The lowest BCUT2D eigenvalue weighted by Crippen LogP contribution is -2.25. The molecule has 0 bridgehead atoms. The lowest BCUT2D eigenvalue weighted by molar-refractivity contribution is -0.143. The first kappa shape index (κ1) is 18.0. The molecule has 1 fully saturated rings. The minimum Gasteiger partial charge on any atom is -0.480 e. The number of rotatable bonds is 5. The number of halogens is 2. The fraction of sp³-hybridized carbons (Fsp3) is 0.278. The molecule has 0 saturated carbocycles. The summed E-state index contributed by atoms with van der Waals surface area (Å²) in [6.45, 7) is 0.975. The minimum atomic E-state index is -0.971. The van der Waals surface area contributed by atoms with Gasteiger partial charge in [-0.15, -0.1) is 0 Å². The summed E-state index contributed by atoms with van der Waals surface area (Å²) < 4.78 is 7.31. The van der Waals surface area contributed by atoms with Gasteiger partial charge in [0.1, 0.15) is 12.4 Å². The normalized spacial score (nSPS) is 17.0. The van der Waals surface area contributed by atoms with E-state index >= 15 is 0 Å². The number of carboxylic acid groups (broad SMARTS) is 1. The van der Waals surface area contributed by atoms with Crippen LogP contribution in [0.4, 0.5) is 5.82 Å². The molecule has 1 aliphatic heterocycles. The number of anilines is 1. The molecule has 27 heavy (non-hydrogen) atoms. The standard InChI is InChI=1S/C18H16Cl2N4O3/c19-13-2-1-12-14(24-6-4-21-10-24)7-15(22-18(12)17(13)20)23-5-3-11(8-23)27-9-16(25)26/h1-2,4,6-7,10-11H,3,5,8-9H2,(H,25,26)/t11-/m0/s1. The monoisotopic (exact) mass is 406 g/mol. The van der Waals surface area contributed by atoms with E-state index in [-0.39, 0.29) is 12.7 Å². The minimum absolute atomic E-state index is 0.148. The number of nitrogens with zero attached hydrogens (tertiary/aromatic N) is 4. The Morgan fingerprint density at radius 2 is 2.22 bits per heavy atom. The Labute approximate surface area is 165 Å². The van der Waals surface area contributed by atoms with Crippen molar-refractivity contribution in [1.29, 1.82) is 0 Å². The molecule has 2 aromatic heterocycles. The van der Waals surface area contributed by atoms with Gasteiger partial charge in [0.25, 0.3) is 0 Å². The summed E-state index contributed by atoms with van der Waals surface area (Å²) in [6, 6.07) is 5.60. The number of aliphatic carboxylic acids is 1. The van der Waals surface area contributed by atoms with Gasteiger partial charge >= 0.3 is 5.97 Å². The van der Waals surface area contributed by atoms with Crippen molar-refractivity contribution < 1.29 is 14.6 Å². The highest BCUT2D eigenvalue weighted by Gasteiger charge is 2.26. The van der Waals surface area contributed by atoms with E-state index in [2.05, 4.69) is 9.88 Å². The van der Waals surface area contributed by atoms with Gasteiger partial charge in [0, 0.05) is 36.9 Å². The van der Waals surface area contributed by atoms with E-state index in [0.29, 0.717) is 28.7 Å². The fourth-order valence-electron chi connectivity index (χ4n) is 3.24. The van der Waals surface area contributed by atoms with Crippen LogP contribution in [0.3, 0.4) is 0 Å². The van der Waals surface area contributed by atoms with Crippen molar-refractivity contribution in [2.75, 3.05) is 24.6 Å². The number of aromatic nitrogens is 3. The van der Waals surface area contributed by atoms with Crippen LogP contribution in [0.1, 0.15) is 6.42 Å². The Kier molecular flexibility index (Phi) is 4.90. The van der Waals surface area contributed by atoms with Crippen LogP contribution in [0.25, 0.3) is 16.6 Å². The van der Waals surface area contributed by atoms with Crippen molar-refractivity contribution in [3.05, 3.63) is 47.0 Å². The molecule has 3 heterocycles. The van der Waals surface area contributed by atoms with Crippen LogP contribution in [0.15, 0.2) is 36.9 Å². The number of carboxylic acids is 1. The van der Waals surface area contributed by atoms with Crippen LogP contribution in [0.5, 0.6) is 0 Å². The lowest BCUT2D eigenvalue weighted by Gasteiger charge is -2.20. The summed E-state index contributed by atoms with van der Waals surface area (Å²) in [5.41, 5.74) is 1.50. The predicted octanol–water partition coefficient (Wildman–Crippen LogP) is 3.41. The van der Waals surface area contributed by atoms with Crippen LogP contribution < -0.4 is 4.90 Å². The molecule has 0 radical (unpaired) electrons. The Morgan fingerprint density at radius 1 is 1.37 bits per heavy atom. The van der Waals surface area contributed by atoms with Gasteiger partial charge in [0.05, 0.1) is 33.7 Å². The van der Waals surface area contributed by atoms with Gasteiger partial charge in [-0.05, 0) is 18.6 Å². The molecule has 0 amide bonds. The number of hydrogen-bond donors (Lipinski definition) is 1. The van der Waals surface area contributed by atoms with Crippen LogP contribution in [0.2, 0.25) is 10.0 Å². The van der Waals surface area contributed by atoms with E-state index in [1.807, 2.05) is 22.9 Å². The molecule has 0 spiro atoms. The molecule has 9 heteroatoms. The zero-order valence-corrected chi connectivity index (χ0v) is 15.7. The van der Waals surface area contributed by atoms with Crippen molar-refractivity contribution >= 4 is 45.9 Å². The first-order valence-electron chi connectivity index (χ1n) is 8.38. The SMILES string of the molecule is O=C(O)CO[C@H]1CCN(c2cc(-n3ccnc3)c3ccc(Cl)c(Cl)c3n2)C1. The average Bonchev–Trinajstić information content (AvgIpc) is 3.34. The zero-order chi connectivity index (χ0) is 19.0. The van der Waals surface area contributed by atoms with E-state index in [0.717, 1.165) is 23.3 Å². The Balaban J connectivity index is 1.73.